The van der Waals surface area contributed by atoms with E-state index >= 15 is 0 Å². The molecule has 92 valence electrons. The van der Waals surface area contributed by atoms with Gasteiger partial charge in [-0.25, -0.2) is 4.39 Å². The zero-order valence-corrected chi connectivity index (χ0v) is 9.68. The first-order valence-electron chi connectivity index (χ1n) is 5.34. The number of hydrogen-bond donors (Lipinski definition) is 1. The Labute approximate surface area is 98.6 Å². The molecular formula is C12H14FNO3. The Bertz CT molecular complexity index is 447. The van der Waals surface area contributed by atoms with E-state index in [1.165, 1.54) is 23.1 Å². The number of amides is 1. The number of rotatable bonds is 1. The third kappa shape index (κ3) is 2.24. The number of ether oxygens (including phenoxy) is 1. The van der Waals surface area contributed by atoms with E-state index in [9.17, 15) is 14.3 Å². The van der Waals surface area contributed by atoms with Gasteiger partial charge in [-0.1, -0.05) is 0 Å². The van der Waals surface area contributed by atoms with Crippen LogP contribution in [0, 0.1) is 5.82 Å². The van der Waals surface area contributed by atoms with Crippen LogP contribution in [0.1, 0.15) is 18.1 Å². The van der Waals surface area contributed by atoms with Gasteiger partial charge in [0.25, 0.3) is 5.91 Å². The van der Waals surface area contributed by atoms with Gasteiger partial charge in [0.05, 0.1) is 6.10 Å². The molecule has 1 heterocycles. The molecule has 5 heteroatoms. The lowest BCUT2D eigenvalue weighted by molar-refractivity contribution is -0.138. The second-order valence-corrected chi connectivity index (χ2v) is 4.27. The molecule has 0 aliphatic carbocycles. The Morgan fingerprint density at radius 3 is 2.88 bits per heavy atom. The summed E-state index contributed by atoms with van der Waals surface area (Å²) in [6.07, 6.45) is -1.44. The average molecular weight is 239 g/mol. The molecule has 1 amide bonds. The molecule has 0 unspecified atom stereocenters. The minimum atomic E-state index is -0.872. The van der Waals surface area contributed by atoms with Gasteiger partial charge in [0, 0.05) is 26.1 Å². The second-order valence-electron chi connectivity index (χ2n) is 4.27. The Morgan fingerprint density at radius 2 is 2.24 bits per heavy atom. The van der Waals surface area contributed by atoms with Gasteiger partial charge in [0.1, 0.15) is 11.6 Å². The normalized spacial score (nSPS) is 22.6. The molecule has 2 atom stereocenters. The number of fused-ring (bicyclic) bond motifs is 1. The van der Waals surface area contributed by atoms with E-state index in [1.807, 2.05) is 0 Å². The van der Waals surface area contributed by atoms with E-state index in [2.05, 4.69) is 0 Å². The van der Waals surface area contributed by atoms with Crippen molar-refractivity contribution in [2.45, 2.75) is 18.6 Å². The fraction of sp³-hybridized carbons (Fsp3) is 0.417. The summed E-state index contributed by atoms with van der Waals surface area (Å²) in [4.78, 5) is 13.1. The van der Waals surface area contributed by atoms with Crippen molar-refractivity contribution >= 4 is 5.91 Å². The molecule has 1 aliphatic rings. The summed E-state index contributed by atoms with van der Waals surface area (Å²) in [7, 11) is 3.25. The molecule has 0 radical (unpaired) electrons. The molecule has 0 spiro atoms. The van der Waals surface area contributed by atoms with E-state index in [-0.39, 0.29) is 12.3 Å². The van der Waals surface area contributed by atoms with Gasteiger partial charge in [-0.2, -0.15) is 0 Å². The van der Waals surface area contributed by atoms with Crippen LogP contribution in [0.15, 0.2) is 18.2 Å². The first-order valence-corrected chi connectivity index (χ1v) is 5.34. The molecule has 1 aliphatic heterocycles. The predicted molar refractivity (Wildman–Crippen MR) is 59.1 cm³/mol. The van der Waals surface area contributed by atoms with Crippen LogP contribution < -0.4 is 4.74 Å². The summed E-state index contributed by atoms with van der Waals surface area (Å²) in [6.45, 7) is 0. The van der Waals surface area contributed by atoms with Gasteiger partial charge < -0.3 is 14.7 Å². The van der Waals surface area contributed by atoms with Crippen molar-refractivity contribution in [1.82, 2.24) is 4.90 Å². The summed E-state index contributed by atoms with van der Waals surface area (Å²) < 4.78 is 18.5. The summed E-state index contributed by atoms with van der Waals surface area (Å²) in [5.74, 6) is -0.270. The molecule has 1 aromatic rings. The zero-order chi connectivity index (χ0) is 12.6. The molecule has 1 aromatic carbocycles. The molecule has 17 heavy (non-hydrogen) atoms. The lowest BCUT2D eigenvalue weighted by atomic mass is 9.98. The highest BCUT2D eigenvalue weighted by Gasteiger charge is 2.32. The summed E-state index contributed by atoms with van der Waals surface area (Å²) >= 11 is 0. The van der Waals surface area contributed by atoms with Crippen LogP contribution in [0.25, 0.3) is 0 Å². The van der Waals surface area contributed by atoms with Crippen molar-refractivity contribution < 1.29 is 19.0 Å². The maximum absolute atomic E-state index is 13.0. The van der Waals surface area contributed by atoms with Crippen molar-refractivity contribution in [3.05, 3.63) is 29.6 Å². The smallest absolute Gasteiger partial charge is 0.263 e. The predicted octanol–water partition coefficient (Wildman–Crippen LogP) is 1.10. The third-order valence-corrected chi connectivity index (χ3v) is 2.75. The fourth-order valence-corrected chi connectivity index (χ4v) is 1.86. The quantitative estimate of drug-likeness (QED) is 0.798. The van der Waals surface area contributed by atoms with E-state index in [0.717, 1.165) is 0 Å². The molecular weight excluding hydrogens is 225 g/mol. The Hall–Kier alpha value is -1.62. The number of benzene rings is 1. The number of nitrogens with zero attached hydrogens (tertiary/aromatic N) is 1. The number of halogens is 1. The maximum atomic E-state index is 13.0. The minimum Gasteiger partial charge on any atom is -0.480 e. The van der Waals surface area contributed by atoms with Gasteiger partial charge in [-0.15, -0.1) is 0 Å². The van der Waals surface area contributed by atoms with Gasteiger partial charge in [0.2, 0.25) is 0 Å². The molecule has 0 aromatic heterocycles. The highest BCUT2D eigenvalue weighted by atomic mass is 19.1. The van der Waals surface area contributed by atoms with Crippen LogP contribution in [0.2, 0.25) is 0 Å². The molecule has 4 nitrogen and oxygen atoms in total. The monoisotopic (exact) mass is 239 g/mol. The molecule has 0 saturated heterocycles. The van der Waals surface area contributed by atoms with Crippen LogP contribution in [0.3, 0.4) is 0 Å². The van der Waals surface area contributed by atoms with Crippen LogP contribution in [0.5, 0.6) is 5.75 Å². The van der Waals surface area contributed by atoms with E-state index < -0.39 is 18.0 Å². The minimum absolute atomic E-state index is 0.146. The number of hydrogen-bond acceptors (Lipinski definition) is 3. The number of carbonyl (C=O) groups excluding carboxylic acids is 1. The number of carbonyl (C=O) groups is 1. The van der Waals surface area contributed by atoms with Crippen LogP contribution in [-0.2, 0) is 4.79 Å². The van der Waals surface area contributed by atoms with Gasteiger partial charge in [-0.05, 0) is 18.2 Å². The zero-order valence-electron chi connectivity index (χ0n) is 9.68. The van der Waals surface area contributed by atoms with Crippen molar-refractivity contribution in [3.63, 3.8) is 0 Å². The lowest BCUT2D eigenvalue weighted by Gasteiger charge is -2.30. The Balaban J connectivity index is 2.27. The Morgan fingerprint density at radius 1 is 1.53 bits per heavy atom. The van der Waals surface area contributed by atoms with Crippen LogP contribution in [-0.4, -0.2) is 36.1 Å². The number of aliphatic hydroxyl groups excluding tert-OH is 1. The molecule has 1 N–H and O–H groups in total. The summed E-state index contributed by atoms with van der Waals surface area (Å²) in [5, 5.41) is 9.87. The Kier molecular flexibility index (Phi) is 3.02. The highest BCUT2D eigenvalue weighted by Crippen LogP contribution is 2.35. The lowest BCUT2D eigenvalue weighted by Crippen LogP contribution is -2.40. The molecule has 0 bridgehead atoms. The van der Waals surface area contributed by atoms with E-state index in [4.69, 9.17) is 4.74 Å². The average Bonchev–Trinajstić information content (AvgIpc) is 2.28. The first kappa shape index (κ1) is 11.9. The number of likely N-dealkylation sites (N-methyl/N-ethyl adjacent to an activating group) is 1. The van der Waals surface area contributed by atoms with E-state index in [0.29, 0.717) is 11.3 Å². The number of aliphatic hydroxyl groups is 1. The van der Waals surface area contributed by atoms with Crippen LogP contribution >= 0.6 is 0 Å². The topological polar surface area (TPSA) is 49.8 Å². The van der Waals surface area contributed by atoms with Crippen molar-refractivity contribution in [2.24, 2.45) is 0 Å². The van der Waals surface area contributed by atoms with Gasteiger partial charge >= 0.3 is 0 Å². The SMILES string of the molecule is CN(C)C(=O)[C@H]1C[C@@H](O)c2cc(F)ccc2O1. The molecule has 0 fully saturated rings. The van der Waals surface area contributed by atoms with Crippen molar-refractivity contribution in [3.8, 4) is 5.75 Å². The third-order valence-electron chi connectivity index (χ3n) is 2.75. The van der Waals surface area contributed by atoms with Crippen molar-refractivity contribution in [2.75, 3.05) is 14.1 Å². The first-order chi connectivity index (χ1) is 7.99. The summed E-state index contributed by atoms with van der Waals surface area (Å²) in [5.41, 5.74) is 0.396. The van der Waals surface area contributed by atoms with Crippen LogP contribution in [0.4, 0.5) is 4.39 Å². The maximum Gasteiger partial charge on any atom is 0.263 e. The van der Waals surface area contributed by atoms with Gasteiger partial charge in [-0.3, -0.25) is 4.79 Å². The summed E-state index contributed by atoms with van der Waals surface area (Å²) in [6, 6.07) is 3.91. The standard InChI is InChI=1S/C12H14FNO3/c1-14(2)12(16)11-6-9(15)8-5-7(13)3-4-10(8)17-11/h3-5,9,11,15H,6H2,1-2H3/t9-,11-/m1/s1. The largest absolute Gasteiger partial charge is 0.480 e. The van der Waals surface area contributed by atoms with Crippen molar-refractivity contribution in [1.29, 1.82) is 0 Å². The second kappa shape index (κ2) is 4.33. The fourth-order valence-electron chi connectivity index (χ4n) is 1.86. The highest BCUT2D eigenvalue weighted by molar-refractivity contribution is 5.81. The molecule has 2 rings (SSSR count). The van der Waals surface area contributed by atoms with Gasteiger partial charge in [0.15, 0.2) is 6.10 Å². The molecule has 0 saturated carbocycles. The van der Waals surface area contributed by atoms with E-state index in [1.54, 1.807) is 14.1 Å².